The summed E-state index contributed by atoms with van der Waals surface area (Å²) in [7, 11) is 0. The summed E-state index contributed by atoms with van der Waals surface area (Å²) < 4.78 is 10.6. The molecule has 2 atom stereocenters. The van der Waals surface area contributed by atoms with E-state index in [4.69, 9.17) is 9.47 Å². The molecule has 0 radical (unpaired) electrons. The first kappa shape index (κ1) is 18.4. The normalized spacial score (nSPS) is 20.5. The fraction of sp³-hybridized carbons (Fsp3) is 0.667. The van der Waals surface area contributed by atoms with E-state index in [1.165, 1.54) is 0 Å². The van der Waals surface area contributed by atoms with E-state index in [2.05, 4.69) is 15.6 Å². The number of alkyl carbamates (subject to hydrolysis) is 1. The van der Waals surface area contributed by atoms with Gasteiger partial charge in [-0.25, -0.2) is 9.78 Å². The highest BCUT2D eigenvalue weighted by atomic mass is 16.6. The number of anilines is 1. The molecule has 1 aromatic heterocycles. The zero-order valence-corrected chi connectivity index (χ0v) is 15.1. The van der Waals surface area contributed by atoms with E-state index < -0.39 is 5.60 Å². The van der Waals surface area contributed by atoms with Crippen molar-refractivity contribution in [3.8, 4) is 5.88 Å². The summed E-state index contributed by atoms with van der Waals surface area (Å²) in [6.45, 7) is 8.77. The minimum Gasteiger partial charge on any atom is -0.478 e. The summed E-state index contributed by atoms with van der Waals surface area (Å²) in [5.41, 5.74) is 0.512. The van der Waals surface area contributed by atoms with Crippen LogP contribution in [0.25, 0.3) is 0 Å². The molecular formula is C18H29N3O3. The van der Waals surface area contributed by atoms with E-state index in [1.54, 1.807) is 6.20 Å². The molecule has 1 aliphatic carbocycles. The lowest BCUT2D eigenvalue weighted by atomic mass is 10.0. The van der Waals surface area contributed by atoms with E-state index in [-0.39, 0.29) is 6.09 Å². The number of rotatable bonds is 6. The van der Waals surface area contributed by atoms with E-state index >= 15 is 0 Å². The van der Waals surface area contributed by atoms with Crippen LogP contribution < -0.4 is 15.4 Å². The van der Waals surface area contributed by atoms with Gasteiger partial charge in [0, 0.05) is 18.7 Å². The molecule has 1 saturated carbocycles. The molecule has 6 heteroatoms. The van der Waals surface area contributed by atoms with Crippen molar-refractivity contribution < 1.29 is 14.3 Å². The van der Waals surface area contributed by atoms with Crippen molar-refractivity contribution in [3.05, 3.63) is 18.3 Å². The van der Waals surface area contributed by atoms with Gasteiger partial charge < -0.3 is 20.1 Å². The first-order valence-corrected chi connectivity index (χ1v) is 8.69. The Balaban J connectivity index is 1.83. The van der Waals surface area contributed by atoms with Crippen molar-refractivity contribution in [1.29, 1.82) is 0 Å². The van der Waals surface area contributed by atoms with Crippen molar-refractivity contribution in [2.75, 3.05) is 18.5 Å². The molecule has 2 N–H and O–H groups in total. The number of hydrogen-bond donors (Lipinski definition) is 2. The molecule has 2 rings (SSSR count). The smallest absolute Gasteiger partial charge is 0.407 e. The van der Waals surface area contributed by atoms with Crippen LogP contribution >= 0.6 is 0 Å². The standard InChI is InChI=1S/C18H29N3O3/c1-5-23-16-10-9-14(12-19-16)21-15-8-6-7-13(15)11-20-17(22)24-18(2,3)4/h9-10,12-13,15,21H,5-8,11H2,1-4H3,(H,20,22). The number of amides is 1. The van der Waals surface area contributed by atoms with Crippen LogP contribution in [0.5, 0.6) is 5.88 Å². The number of nitrogens with one attached hydrogen (secondary N) is 2. The van der Waals surface area contributed by atoms with Gasteiger partial charge in [0.2, 0.25) is 5.88 Å². The Morgan fingerprint density at radius 3 is 2.75 bits per heavy atom. The molecular weight excluding hydrogens is 306 g/mol. The monoisotopic (exact) mass is 335 g/mol. The molecule has 134 valence electrons. The van der Waals surface area contributed by atoms with Crippen LogP contribution in [0, 0.1) is 5.92 Å². The number of ether oxygens (including phenoxy) is 2. The SMILES string of the molecule is CCOc1ccc(NC2CCCC2CNC(=O)OC(C)(C)C)cn1. The zero-order valence-electron chi connectivity index (χ0n) is 15.1. The molecule has 0 aromatic carbocycles. The van der Waals surface area contributed by atoms with Gasteiger partial charge in [-0.2, -0.15) is 0 Å². The Labute approximate surface area is 144 Å². The maximum Gasteiger partial charge on any atom is 0.407 e. The van der Waals surface area contributed by atoms with Crippen LogP contribution in [0.1, 0.15) is 47.0 Å². The van der Waals surface area contributed by atoms with Gasteiger partial charge in [-0.3, -0.25) is 0 Å². The van der Waals surface area contributed by atoms with Gasteiger partial charge in [0.15, 0.2) is 0 Å². The largest absolute Gasteiger partial charge is 0.478 e. The summed E-state index contributed by atoms with van der Waals surface area (Å²) in [6, 6.07) is 4.18. The summed E-state index contributed by atoms with van der Waals surface area (Å²) in [5, 5.41) is 6.41. The molecule has 0 bridgehead atoms. The molecule has 0 saturated heterocycles. The highest BCUT2D eigenvalue weighted by molar-refractivity contribution is 5.67. The summed E-state index contributed by atoms with van der Waals surface area (Å²) in [5.74, 6) is 1.03. The second kappa shape index (κ2) is 8.22. The summed E-state index contributed by atoms with van der Waals surface area (Å²) >= 11 is 0. The van der Waals surface area contributed by atoms with Gasteiger partial charge in [-0.15, -0.1) is 0 Å². The molecule has 1 aromatic rings. The van der Waals surface area contributed by atoms with E-state index in [0.717, 1.165) is 24.9 Å². The Bertz CT molecular complexity index is 525. The minimum atomic E-state index is -0.467. The molecule has 1 amide bonds. The van der Waals surface area contributed by atoms with Gasteiger partial charge in [-0.05, 0) is 52.5 Å². The zero-order chi connectivity index (χ0) is 17.6. The van der Waals surface area contributed by atoms with Crippen LogP contribution in [-0.2, 0) is 4.74 Å². The predicted molar refractivity (Wildman–Crippen MR) is 94.4 cm³/mol. The summed E-state index contributed by atoms with van der Waals surface area (Å²) in [6.07, 6.45) is 4.78. The molecule has 1 aliphatic rings. The Hall–Kier alpha value is -1.98. The van der Waals surface area contributed by atoms with E-state index in [1.807, 2.05) is 39.8 Å². The third kappa shape index (κ3) is 5.91. The second-order valence-corrected chi connectivity index (χ2v) is 7.14. The number of pyridine rings is 1. The molecule has 24 heavy (non-hydrogen) atoms. The van der Waals surface area contributed by atoms with Gasteiger partial charge in [0.05, 0.1) is 18.5 Å². The van der Waals surface area contributed by atoms with E-state index in [0.29, 0.717) is 31.0 Å². The van der Waals surface area contributed by atoms with E-state index in [9.17, 15) is 4.79 Å². The van der Waals surface area contributed by atoms with Crippen molar-refractivity contribution in [2.45, 2.75) is 58.6 Å². The average molecular weight is 335 g/mol. The lowest BCUT2D eigenvalue weighted by Gasteiger charge is -2.24. The quantitative estimate of drug-likeness (QED) is 0.831. The second-order valence-electron chi connectivity index (χ2n) is 7.14. The molecule has 2 unspecified atom stereocenters. The maximum absolute atomic E-state index is 11.8. The van der Waals surface area contributed by atoms with Gasteiger partial charge in [0.25, 0.3) is 0 Å². The Morgan fingerprint density at radius 1 is 1.33 bits per heavy atom. The lowest BCUT2D eigenvalue weighted by molar-refractivity contribution is 0.0519. The van der Waals surface area contributed by atoms with Crippen LogP contribution in [0.2, 0.25) is 0 Å². The maximum atomic E-state index is 11.8. The van der Waals surface area contributed by atoms with Gasteiger partial charge in [-0.1, -0.05) is 6.42 Å². The molecule has 6 nitrogen and oxygen atoms in total. The Morgan fingerprint density at radius 2 is 2.12 bits per heavy atom. The van der Waals surface area contributed by atoms with Crippen molar-refractivity contribution in [1.82, 2.24) is 10.3 Å². The Kier molecular flexibility index (Phi) is 6.29. The molecule has 0 spiro atoms. The number of nitrogens with zero attached hydrogens (tertiary/aromatic N) is 1. The van der Waals surface area contributed by atoms with Crippen LogP contribution in [0.4, 0.5) is 10.5 Å². The minimum absolute atomic E-state index is 0.333. The fourth-order valence-electron chi connectivity index (χ4n) is 2.91. The first-order chi connectivity index (χ1) is 11.4. The number of aromatic nitrogens is 1. The van der Waals surface area contributed by atoms with Crippen molar-refractivity contribution in [2.24, 2.45) is 5.92 Å². The summed E-state index contributed by atoms with van der Waals surface area (Å²) in [4.78, 5) is 16.1. The third-order valence-corrected chi connectivity index (χ3v) is 3.95. The van der Waals surface area contributed by atoms with Gasteiger partial charge >= 0.3 is 6.09 Å². The molecule has 1 fully saturated rings. The average Bonchev–Trinajstić information content (AvgIpc) is 2.93. The van der Waals surface area contributed by atoms with Crippen LogP contribution in [0.15, 0.2) is 18.3 Å². The fourth-order valence-corrected chi connectivity index (χ4v) is 2.91. The number of carbonyl (C=O) groups is 1. The van der Waals surface area contributed by atoms with Crippen LogP contribution in [0.3, 0.4) is 0 Å². The van der Waals surface area contributed by atoms with Gasteiger partial charge in [0.1, 0.15) is 5.60 Å². The van der Waals surface area contributed by atoms with Crippen LogP contribution in [-0.4, -0.2) is 35.9 Å². The predicted octanol–water partition coefficient (Wildman–Crippen LogP) is 3.59. The van der Waals surface area contributed by atoms with Crippen molar-refractivity contribution in [3.63, 3.8) is 0 Å². The topological polar surface area (TPSA) is 72.5 Å². The van der Waals surface area contributed by atoms with Crippen molar-refractivity contribution >= 4 is 11.8 Å². The highest BCUT2D eigenvalue weighted by Gasteiger charge is 2.28. The first-order valence-electron chi connectivity index (χ1n) is 8.69. The number of carbonyl (C=O) groups excluding carboxylic acids is 1. The number of hydrogen-bond acceptors (Lipinski definition) is 5. The lowest BCUT2D eigenvalue weighted by Crippen LogP contribution is -2.38. The highest BCUT2D eigenvalue weighted by Crippen LogP contribution is 2.28. The third-order valence-electron chi connectivity index (χ3n) is 3.95. The molecule has 1 heterocycles. The molecule has 0 aliphatic heterocycles.